The molecule has 12 heavy (non-hydrogen) atoms. The lowest BCUT2D eigenvalue weighted by Gasteiger charge is -2.12. The third kappa shape index (κ3) is 0.940. The minimum atomic E-state index is 0.599. The number of hydrogen-bond donors (Lipinski definition) is 1. The molecular weight excluding hydrogens is 150 g/mol. The van der Waals surface area contributed by atoms with Gasteiger partial charge in [0.25, 0.3) is 0 Å². The Morgan fingerprint density at radius 1 is 1.50 bits per heavy atom. The van der Waals surface area contributed by atoms with Crippen LogP contribution in [0.1, 0.15) is 11.1 Å². The molecule has 1 heterocycles. The molecule has 0 aliphatic carbocycles. The monoisotopic (exact) mass is 157 g/mol. The number of nitriles is 1. The SMILES string of the molecule is N#Cc1cccc2c1C=NCN2. The van der Waals surface area contributed by atoms with Crippen molar-refractivity contribution in [2.24, 2.45) is 4.99 Å². The van der Waals surface area contributed by atoms with Gasteiger partial charge in [0.2, 0.25) is 0 Å². The Bertz CT molecular complexity index is 374. The van der Waals surface area contributed by atoms with Gasteiger partial charge in [0.05, 0.1) is 11.6 Å². The predicted octanol–water partition coefficient (Wildman–Crippen LogP) is 1.36. The topological polar surface area (TPSA) is 48.2 Å². The van der Waals surface area contributed by atoms with Crippen molar-refractivity contribution in [1.82, 2.24) is 0 Å². The number of fused-ring (bicyclic) bond motifs is 1. The van der Waals surface area contributed by atoms with Gasteiger partial charge in [0.15, 0.2) is 0 Å². The highest BCUT2D eigenvalue weighted by atomic mass is 15.0. The molecule has 0 bridgehead atoms. The molecule has 1 aromatic rings. The lowest BCUT2D eigenvalue weighted by atomic mass is 10.1. The summed E-state index contributed by atoms with van der Waals surface area (Å²) < 4.78 is 0. The average molecular weight is 157 g/mol. The second kappa shape index (κ2) is 2.67. The quantitative estimate of drug-likeness (QED) is 0.618. The van der Waals surface area contributed by atoms with E-state index in [1.807, 2.05) is 12.1 Å². The summed E-state index contributed by atoms with van der Waals surface area (Å²) in [6, 6.07) is 7.72. The largest absolute Gasteiger partial charge is 0.366 e. The van der Waals surface area contributed by atoms with Gasteiger partial charge in [-0.3, -0.25) is 4.99 Å². The second-order valence-corrected chi connectivity index (χ2v) is 2.53. The maximum absolute atomic E-state index is 8.75. The highest BCUT2D eigenvalue weighted by Crippen LogP contribution is 2.19. The van der Waals surface area contributed by atoms with E-state index in [-0.39, 0.29) is 0 Å². The summed E-state index contributed by atoms with van der Waals surface area (Å²) in [5, 5.41) is 11.8. The van der Waals surface area contributed by atoms with E-state index in [4.69, 9.17) is 5.26 Å². The maximum atomic E-state index is 8.75. The fourth-order valence-electron chi connectivity index (χ4n) is 1.22. The van der Waals surface area contributed by atoms with Crippen LogP contribution in [-0.2, 0) is 0 Å². The Kier molecular flexibility index (Phi) is 1.52. The van der Waals surface area contributed by atoms with E-state index in [9.17, 15) is 0 Å². The zero-order chi connectivity index (χ0) is 8.39. The normalized spacial score (nSPS) is 12.9. The smallest absolute Gasteiger partial charge is 0.107 e. The van der Waals surface area contributed by atoms with Crippen molar-refractivity contribution in [3.63, 3.8) is 0 Å². The molecule has 0 spiro atoms. The van der Waals surface area contributed by atoms with Crippen molar-refractivity contribution in [2.75, 3.05) is 12.0 Å². The summed E-state index contributed by atoms with van der Waals surface area (Å²) in [5.41, 5.74) is 2.55. The van der Waals surface area contributed by atoms with Crippen molar-refractivity contribution in [2.45, 2.75) is 0 Å². The molecule has 0 radical (unpaired) electrons. The van der Waals surface area contributed by atoms with E-state index >= 15 is 0 Å². The van der Waals surface area contributed by atoms with Crippen molar-refractivity contribution < 1.29 is 0 Å². The van der Waals surface area contributed by atoms with Crippen LogP contribution in [0.4, 0.5) is 5.69 Å². The number of nitrogens with zero attached hydrogens (tertiary/aromatic N) is 2. The fraction of sp³-hybridized carbons (Fsp3) is 0.111. The standard InChI is InChI=1S/C9H7N3/c10-4-7-2-1-3-9-8(7)5-11-6-12-9/h1-3,5,12H,6H2. The van der Waals surface area contributed by atoms with Gasteiger partial charge < -0.3 is 5.32 Å². The lowest BCUT2D eigenvalue weighted by Crippen LogP contribution is -2.08. The summed E-state index contributed by atoms with van der Waals surface area (Å²) in [7, 11) is 0. The fourth-order valence-corrected chi connectivity index (χ4v) is 1.22. The molecule has 58 valence electrons. The molecule has 1 aliphatic rings. The molecular formula is C9H7N3. The van der Waals surface area contributed by atoms with Gasteiger partial charge in [-0.2, -0.15) is 5.26 Å². The van der Waals surface area contributed by atoms with E-state index in [0.717, 1.165) is 11.3 Å². The molecule has 1 aromatic carbocycles. The molecule has 0 saturated heterocycles. The number of anilines is 1. The van der Waals surface area contributed by atoms with Crippen LogP contribution in [0.2, 0.25) is 0 Å². The van der Waals surface area contributed by atoms with Crippen LogP contribution in [0, 0.1) is 11.3 Å². The molecule has 0 fully saturated rings. The summed E-state index contributed by atoms with van der Waals surface area (Å²) in [5.74, 6) is 0. The Morgan fingerprint density at radius 2 is 2.42 bits per heavy atom. The second-order valence-electron chi connectivity index (χ2n) is 2.53. The first kappa shape index (κ1) is 6.86. The van der Waals surface area contributed by atoms with E-state index in [0.29, 0.717) is 12.2 Å². The van der Waals surface area contributed by atoms with Gasteiger partial charge in [-0.15, -0.1) is 0 Å². The minimum Gasteiger partial charge on any atom is -0.366 e. The van der Waals surface area contributed by atoms with Crippen LogP contribution in [-0.4, -0.2) is 12.9 Å². The van der Waals surface area contributed by atoms with Crippen LogP contribution in [0.25, 0.3) is 0 Å². The summed E-state index contributed by atoms with van der Waals surface area (Å²) >= 11 is 0. The van der Waals surface area contributed by atoms with E-state index in [1.165, 1.54) is 0 Å². The Labute approximate surface area is 70.4 Å². The van der Waals surface area contributed by atoms with Crippen LogP contribution in [0.15, 0.2) is 23.2 Å². The molecule has 2 rings (SSSR count). The minimum absolute atomic E-state index is 0.599. The molecule has 3 heteroatoms. The molecule has 0 saturated carbocycles. The highest BCUT2D eigenvalue weighted by molar-refractivity contribution is 5.92. The number of nitrogens with one attached hydrogen (secondary N) is 1. The van der Waals surface area contributed by atoms with E-state index < -0.39 is 0 Å². The first-order chi connectivity index (χ1) is 5.92. The van der Waals surface area contributed by atoms with Crippen LogP contribution >= 0.6 is 0 Å². The van der Waals surface area contributed by atoms with Crippen molar-refractivity contribution >= 4 is 11.9 Å². The van der Waals surface area contributed by atoms with Gasteiger partial charge in [-0.25, -0.2) is 0 Å². The summed E-state index contributed by atoms with van der Waals surface area (Å²) in [4.78, 5) is 4.04. The highest BCUT2D eigenvalue weighted by Gasteiger charge is 2.07. The lowest BCUT2D eigenvalue weighted by molar-refractivity contribution is 1.13. The summed E-state index contributed by atoms with van der Waals surface area (Å²) in [6.45, 7) is 0.599. The van der Waals surface area contributed by atoms with Gasteiger partial charge in [-0.1, -0.05) is 6.07 Å². The Balaban J connectivity index is 2.64. The van der Waals surface area contributed by atoms with Crippen LogP contribution < -0.4 is 5.32 Å². The summed E-state index contributed by atoms with van der Waals surface area (Å²) in [6.07, 6.45) is 1.74. The van der Waals surface area contributed by atoms with E-state index in [1.54, 1.807) is 12.3 Å². The first-order valence-corrected chi connectivity index (χ1v) is 3.68. The maximum Gasteiger partial charge on any atom is 0.107 e. The molecule has 1 aliphatic heterocycles. The third-order valence-electron chi connectivity index (χ3n) is 1.81. The molecule has 0 atom stereocenters. The molecule has 1 N–H and O–H groups in total. The van der Waals surface area contributed by atoms with Crippen molar-refractivity contribution in [3.8, 4) is 6.07 Å². The zero-order valence-electron chi connectivity index (χ0n) is 6.41. The van der Waals surface area contributed by atoms with Crippen LogP contribution in [0.5, 0.6) is 0 Å². The van der Waals surface area contributed by atoms with Crippen molar-refractivity contribution in [1.29, 1.82) is 5.26 Å². The number of benzene rings is 1. The average Bonchev–Trinajstić information content (AvgIpc) is 2.17. The zero-order valence-corrected chi connectivity index (χ0v) is 6.41. The van der Waals surface area contributed by atoms with Gasteiger partial charge in [0.1, 0.15) is 6.67 Å². The molecule has 0 unspecified atom stereocenters. The molecule has 3 nitrogen and oxygen atoms in total. The van der Waals surface area contributed by atoms with Crippen molar-refractivity contribution in [3.05, 3.63) is 29.3 Å². The van der Waals surface area contributed by atoms with Gasteiger partial charge >= 0.3 is 0 Å². The Morgan fingerprint density at radius 3 is 3.25 bits per heavy atom. The number of rotatable bonds is 0. The van der Waals surface area contributed by atoms with Gasteiger partial charge in [-0.05, 0) is 12.1 Å². The first-order valence-electron chi connectivity index (χ1n) is 3.68. The Hall–Kier alpha value is -1.82. The molecule has 0 aromatic heterocycles. The number of hydrogen-bond acceptors (Lipinski definition) is 3. The van der Waals surface area contributed by atoms with Crippen LogP contribution in [0.3, 0.4) is 0 Å². The third-order valence-corrected chi connectivity index (χ3v) is 1.81. The van der Waals surface area contributed by atoms with Gasteiger partial charge in [0, 0.05) is 17.5 Å². The predicted molar refractivity (Wildman–Crippen MR) is 47.2 cm³/mol. The number of aliphatic imine (C=N–C) groups is 1. The van der Waals surface area contributed by atoms with E-state index in [2.05, 4.69) is 16.4 Å². The molecule has 0 amide bonds.